The molecule has 6 heteroatoms. The van der Waals surface area contributed by atoms with Crippen LogP contribution in [0.25, 0.3) is 0 Å². The number of aromatic nitrogens is 2. The molecule has 2 rings (SSSR count). The van der Waals surface area contributed by atoms with Crippen LogP contribution in [0, 0.1) is 0 Å². The van der Waals surface area contributed by atoms with E-state index in [0.29, 0.717) is 22.8 Å². The fraction of sp³-hybridized carbons (Fsp3) is 0.667. The van der Waals surface area contributed by atoms with Crippen LogP contribution >= 0.6 is 11.6 Å². The van der Waals surface area contributed by atoms with E-state index in [2.05, 4.69) is 32.5 Å². The van der Waals surface area contributed by atoms with Crippen molar-refractivity contribution >= 4 is 23.4 Å². The van der Waals surface area contributed by atoms with Crippen LogP contribution in [0.15, 0.2) is 6.20 Å². The molecular weight excluding hydrogens is 250 g/mol. The van der Waals surface area contributed by atoms with Crippen LogP contribution in [0.4, 0.5) is 11.8 Å². The molecule has 1 aromatic rings. The molecule has 100 valence electrons. The molecule has 0 aromatic carbocycles. The lowest BCUT2D eigenvalue weighted by Crippen LogP contribution is -2.31. The van der Waals surface area contributed by atoms with Crippen molar-refractivity contribution in [2.24, 2.45) is 0 Å². The Morgan fingerprint density at radius 3 is 3.00 bits per heavy atom. The maximum atomic E-state index is 6.09. The third-order valence-corrected chi connectivity index (χ3v) is 3.53. The number of halogens is 1. The molecule has 1 unspecified atom stereocenters. The Hall–Kier alpha value is -1.07. The summed E-state index contributed by atoms with van der Waals surface area (Å²) >= 11 is 6.09. The molecule has 1 aliphatic rings. The maximum Gasteiger partial charge on any atom is 0.224 e. The minimum Gasteiger partial charge on any atom is -0.367 e. The summed E-state index contributed by atoms with van der Waals surface area (Å²) in [6.07, 6.45) is 4.13. The quantitative estimate of drug-likeness (QED) is 0.857. The molecule has 2 N–H and O–H groups in total. The number of hydrogen-bond acceptors (Lipinski definition) is 5. The number of nitrogens with zero attached hydrogens (tertiary/aromatic N) is 3. The first kappa shape index (κ1) is 13.4. The molecular formula is C12H20ClN5. The normalized spacial score (nSPS) is 20.1. The van der Waals surface area contributed by atoms with Gasteiger partial charge in [0.25, 0.3) is 0 Å². The van der Waals surface area contributed by atoms with Crippen LogP contribution in [0.1, 0.15) is 19.8 Å². The average molecular weight is 270 g/mol. The summed E-state index contributed by atoms with van der Waals surface area (Å²) < 4.78 is 0. The van der Waals surface area contributed by atoms with Crippen molar-refractivity contribution in [2.75, 3.05) is 37.3 Å². The van der Waals surface area contributed by atoms with Crippen LogP contribution in [0.2, 0.25) is 5.02 Å². The van der Waals surface area contributed by atoms with E-state index < -0.39 is 0 Å². The lowest BCUT2D eigenvalue weighted by atomic mass is 10.2. The van der Waals surface area contributed by atoms with E-state index in [1.54, 1.807) is 6.20 Å². The predicted octanol–water partition coefficient (Wildman–Crippen LogP) is 2.07. The van der Waals surface area contributed by atoms with Crippen molar-refractivity contribution in [1.29, 1.82) is 0 Å². The smallest absolute Gasteiger partial charge is 0.224 e. The largest absolute Gasteiger partial charge is 0.367 e. The van der Waals surface area contributed by atoms with Gasteiger partial charge in [-0.15, -0.1) is 0 Å². The van der Waals surface area contributed by atoms with Crippen molar-refractivity contribution in [3.63, 3.8) is 0 Å². The number of nitrogens with one attached hydrogen (secondary N) is 2. The standard InChI is InChI=1S/C12H20ClN5/c1-3-14-12-16-8-10(13)11(17-12)15-7-9-5-4-6-18(9)2/h8-9H,3-7H2,1-2H3,(H2,14,15,16,17). The van der Waals surface area contributed by atoms with Gasteiger partial charge in [-0.25, -0.2) is 4.98 Å². The Kier molecular flexibility index (Phi) is 4.60. The van der Waals surface area contributed by atoms with Crippen molar-refractivity contribution < 1.29 is 0 Å². The topological polar surface area (TPSA) is 53.1 Å². The zero-order chi connectivity index (χ0) is 13.0. The highest BCUT2D eigenvalue weighted by Crippen LogP contribution is 2.21. The van der Waals surface area contributed by atoms with Crippen molar-refractivity contribution in [3.8, 4) is 0 Å². The molecule has 1 aliphatic heterocycles. The molecule has 1 atom stereocenters. The molecule has 1 saturated heterocycles. The average Bonchev–Trinajstić information content (AvgIpc) is 2.76. The van der Waals surface area contributed by atoms with E-state index >= 15 is 0 Å². The molecule has 0 radical (unpaired) electrons. The van der Waals surface area contributed by atoms with Gasteiger partial charge in [-0.1, -0.05) is 11.6 Å². The highest BCUT2D eigenvalue weighted by molar-refractivity contribution is 6.32. The summed E-state index contributed by atoms with van der Waals surface area (Å²) in [7, 11) is 2.16. The van der Waals surface area contributed by atoms with E-state index in [4.69, 9.17) is 11.6 Å². The van der Waals surface area contributed by atoms with Crippen LogP contribution < -0.4 is 10.6 Å². The van der Waals surface area contributed by atoms with Crippen molar-refractivity contribution in [2.45, 2.75) is 25.8 Å². The van der Waals surface area contributed by atoms with E-state index in [0.717, 1.165) is 13.1 Å². The van der Waals surface area contributed by atoms with Crippen LogP contribution in [-0.2, 0) is 0 Å². The van der Waals surface area contributed by atoms with Crippen LogP contribution in [-0.4, -0.2) is 47.6 Å². The Morgan fingerprint density at radius 1 is 1.50 bits per heavy atom. The second-order valence-corrected chi connectivity index (χ2v) is 4.99. The second-order valence-electron chi connectivity index (χ2n) is 4.58. The van der Waals surface area contributed by atoms with Gasteiger partial charge in [-0.2, -0.15) is 4.98 Å². The van der Waals surface area contributed by atoms with Crippen molar-refractivity contribution in [3.05, 3.63) is 11.2 Å². The molecule has 1 aromatic heterocycles. The van der Waals surface area contributed by atoms with E-state index in [9.17, 15) is 0 Å². The SMILES string of the molecule is CCNc1ncc(Cl)c(NCC2CCCN2C)n1. The zero-order valence-electron chi connectivity index (χ0n) is 10.9. The molecule has 5 nitrogen and oxygen atoms in total. The lowest BCUT2D eigenvalue weighted by molar-refractivity contribution is 0.322. The Labute approximate surface area is 113 Å². The van der Waals surface area contributed by atoms with Crippen molar-refractivity contribution in [1.82, 2.24) is 14.9 Å². The molecule has 0 bridgehead atoms. The number of likely N-dealkylation sites (tertiary alicyclic amines) is 1. The Balaban J connectivity index is 1.97. The number of anilines is 2. The fourth-order valence-corrected chi connectivity index (χ4v) is 2.34. The van der Waals surface area contributed by atoms with Gasteiger partial charge in [0.1, 0.15) is 5.02 Å². The molecule has 0 amide bonds. The number of likely N-dealkylation sites (N-methyl/N-ethyl adjacent to an activating group) is 1. The zero-order valence-corrected chi connectivity index (χ0v) is 11.7. The van der Waals surface area contributed by atoms with Gasteiger partial charge >= 0.3 is 0 Å². The fourth-order valence-electron chi connectivity index (χ4n) is 2.19. The van der Waals surface area contributed by atoms with Gasteiger partial charge in [0, 0.05) is 19.1 Å². The van der Waals surface area contributed by atoms with Gasteiger partial charge in [0.05, 0.1) is 6.20 Å². The van der Waals surface area contributed by atoms with Gasteiger partial charge in [0.15, 0.2) is 5.82 Å². The first-order valence-electron chi connectivity index (χ1n) is 6.41. The summed E-state index contributed by atoms with van der Waals surface area (Å²) in [5, 5.41) is 6.97. The number of hydrogen-bond donors (Lipinski definition) is 2. The lowest BCUT2D eigenvalue weighted by Gasteiger charge is -2.20. The van der Waals surface area contributed by atoms with Crippen LogP contribution in [0.5, 0.6) is 0 Å². The highest BCUT2D eigenvalue weighted by Gasteiger charge is 2.20. The van der Waals surface area contributed by atoms with Gasteiger partial charge in [0.2, 0.25) is 5.95 Å². The van der Waals surface area contributed by atoms with Gasteiger partial charge in [-0.05, 0) is 33.4 Å². The third kappa shape index (κ3) is 3.23. The number of rotatable bonds is 5. The van der Waals surface area contributed by atoms with Gasteiger partial charge < -0.3 is 15.5 Å². The molecule has 0 aliphatic carbocycles. The molecule has 2 heterocycles. The summed E-state index contributed by atoms with van der Waals surface area (Å²) in [5.74, 6) is 1.33. The second kappa shape index (κ2) is 6.20. The summed E-state index contributed by atoms with van der Waals surface area (Å²) in [4.78, 5) is 10.9. The summed E-state index contributed by atoms with van der Waals surface area (Å²) in [5.41, 5.74) is 0. The van der Waals surface area contributed by atoms with E-state index in [1.165, 1.54) is 19.4 Å². The first-order valence-corrected chi connectivity index (χ1v) is 6.79. The van der Waals surface area contributed by atoms with E-state index in [1.807, 2.05) is 6.92 Å². The summed E-state index contributed by atoms with van der Waals surface area (Å²) in [6.45, 7) is 4.86. The van der Waals surface area contributed by atoms with Crippen LogP contribution in [0.3, 0.4) is 0 Å². The van der Waals surface area contributed by atoms with E-state index in [-0.39, 0.29) is 0 Å². The minimum atomic E-state index is 0.567. The van der Waals surface area contributed by atoms with Gasteiger partial charge in [-0.3, -0.25) is 0 Å². The maximum absolute atomic E-state index is 6.09. The highest BCUT2D eigenvalue weighted by atomic mass is 35.5. The molecule has 0 saturated carbocycles. The predicted molar refractivity (Wildman–Crippen MR) is 75.3 cm³/mol. The summed E-state index contributed by atoms with van der Waals surface area (Å²) in [6, 6.07) is 0.568. The molecule has 0 spiro atoms. The molecule has 1 fully saturated rings. The third-order valence-electron chi connectivity index (χ3n) is 3.26. The Bertz CT molecular complexity index is 398. The first-order chi connectivity index (χ1) is 8.70. The monoisotopic (exact) mass is 269 g/mol. The minimum absolute atomic E-state index is 0.567. The molecule has 18 heavy (non-hydrogen) atoms. The Morgan fingerprint density at radius 2 is 2.33 bits per heavy atom.